The first-order valence-electron chi connectivity index (χ1n) is 6.36. The second kappa shape index (κ2) is 6.17. The Kier molecular flexibility index (Phi) is 4.81. The Bertz CT molecular complexity index is 421. The van der Waals surface area contributed by atoms with E-state index in [2.05, 4.69) is 27.8 Å². The number of nitrogens with zero attached hydrogens (tertiary/aromatic N) is 2. The topological polar surface area (TPSA) is 23.6 Å². The first kappa shape index (κ1) is 14.0. The molecule has 0 radical (unpaired) electrons. The molecule has 18 heavy (non-hydrogen) atoms. The van der Waals surface area contributed by atoms with Gasteiger partial charge in [0.2, 0.25) is 0 Å². The first-order valence-corrected chi connectivity index (χ1v) is 8.03. The molecule has 1 aliphatic rings. The van der Waals surface area contributed by atoms with Crippen LogP contribution in [-0.4, -0.2) is 48.4 Å². The Balaban J connectivity index is 1.98. The molecule has 2 rings (SSSR count). The van der Waals surface area contributed by atoms with Crippen LogP contribution in [0.15, 0.2) is 15.9 Å². The Labute approximate surface area is 121 Å². The van der Waals surface area contributed by atoms with Crippen LogP contribution in [0.25, 0.3) is 0 Å². The molecular formula is C13H19BrN2OS. The van der Waals surface area contributed by atoms with Crippen molar-refractivity contribution in [1.29, 1.82) is 0 Å². The number of likely N-dealkylation sites (N-methyl/N-ethyl adjacent to an activating group) is 2. The molecule has 3 nitrogen and oxygen atoms in total. The van der Waals surface area contributed by atoms with Gasteiger partial charge < -0.3 is 4.90 Å². The van der Waals surface area contributed by atoms with E-state index in [4.69, 9.17) is 0 Å². The number of hydrogen-bond acceptors (Lipinski definition) is 3. The van der Waals surface area contributed by atoms with E-state index in [1.807, 2.05) is 23.4 Å². The molecule has 0 spiro atoms. The largest absolute Gasteiger partial charge is 0.339 e. The fourth-order valence-electron chi connectivity index (χ4n) is 2.54. The minimum absolute atomic E-state index is 0.125. The van der Waals surface area contributed by atoms with Crippen molar-refractivity contribution in [3.63, 3.8) is 0 Å². The van der Waals surface area contributed by atoms with Crippen LogP contribution in [0, 0.1) is 0 Å². The van der Waals surface area contributed by atoms with Crippen molar-refractivity contribution in [1.82, 2.24) is 9.80 Å². The lowest BCUT2D eigenvalue weighted by atomic mass is 10.2. The molecule has 1 unspecified atom stereocenters. The quantitative estimate of drug-likeness (QED) is 0.847. The minimum Gasteiger partial charge on any atom is -0.339 e. The zero-order valence-electron chi connectivity index (χ0n) is 10.9. The molecule has 0 aromatic carbocycles. The van der Waals surface area contributed by atoms with E-state index >= 15 is 0 Å². The fraction of sp³-hybridized carbons (Fsp3) is 0.615. The molecule has 1 fully saturated rings. The zero-order valence-corrected chi connectivity index (χ0v) is 13.3. The molecule has 1 aliphatic heterocycles. The molecule has 0 saturated carbocycles. The number of thiophene rings is 1. The van der Waals surface area contributed by atoms with Crippen LogP contribution < -0.4 is 0 Å². The van der Waals surface area contributed by atoms with E-state index in [1.165, 1.54) is 30.7 Å². The molecular weight excluding hydrogens is 312 g/mol. The zero-order chi connectivity index (χ0) is 13.1. The van der Waals surface area contributed by atoms with Crippen molar-refractivity contribution in [2.45, 2.75) is 25.8 Å². The summed E-state index contributed by atoms with van der Waals surface area (Å²) in [4.78, 5) is 17.4. The normalized spacial score (nSPS) is 20.3. The molecule has 2 heterocycles. The number of carbonyl (C=O) groups is 1. The average molecular weight is 331 g/mol. The molecule has 1 amide bonds. The van der Waals surface area contributed by atoms with Gasteiger partial charge in [0.1, 0.15) is 4.88 Å². The highest BCUT2D eigenvalue weighted by Crippen LogP contribution is 2.25. The Hall–Kier alpha value is -0.390. The average Bonchev–Trinajstić information content (AvgIpc) is 2.96. The molecule has 1 aromatic rings. The third kappa shape index (κ3) is 2.95. The summed E-state index contributed by atoms with van der Waals surface area (Å²) in [5.41, 5.74) is 0. The number of hydrogen-bond donors (Lipinski definition) is 0. The smallest absolute Gasteiger partial charge is 0.264 e. The van der Waals surface area contributed by atoms with Gasteiger partial charge in [-0.05, 0) is 53.3 Å². The van der Waals surface area contributed by atoms with Crippen molar-refractivity contribution in [2.75, 3.05) is 26.7 Å². The summed E-state index contributed by atoms with van der Waals surface area (Å²) in [5, 5.41) is 1.94. The standard InChI is InChI=1S/C13H19BrN2OS/c1-3-16-7-4-5-10(16)9-15(2)13(17)12-11(14)6-8-18-12/h6,8,10H,3-5,7,9H2,1-2H3. The number of rotatable bonds is 4. The fourth-order valence-corrected chi connectivity index (χ4v) is 4.07. The van der Waals surface area contributed by atoms with Gasteiger partial charge in [0, 0.05) is 24.1 Å². The lowest BCUT2D eigenvalue weighted by molar-refractivity contribution is 0.0758. The Morgan fingerprint density at radius 1 is 1.67 bits per heavy atom. The highest BCUT2D eigenvalue weighted by molar-refractivity contribution is 9.10. The monoisotopic (exact) mass is 330 g/mol. The van der Waals surface area contributed by atoms with Gasteiger partial charge in [-0.1, -0.05) is 6.92 Å². The number of amides is 1. The summed E-state index contributed by atoms with van der Waals surface area (Å²) in [6.45, 7) is 5.27. The maximum Gasteiger partial charge on any atom is 0.264 e. The third-order valence-corrected chi connectivity index (χ3v) is 5.37. The van der Waals surface area contributed by atoms with Crippen LogP contribution in [0.3, 0.4) is 0 Å². The molecule has 1 atom stereocenters. The summed E-state index contributed by atoms with van der Waals surface area (Å²) in [6, 6.07) is 2.46. The molecule has 100 valence electrons. The van der Waals surface area contributed by atoms with E-state index in [0.717, 1.165) is 22.4 Å². The predicted octanol–water partition coefficient (Wildman–Crippen LogP) is 3.07. The molecule has 0 N–H and O–H groups in total. The van der Waals surface area contributed by atoms with Crippen LogP contribution in [-0.2, 0) is 0 Å². The minimum atomic E-state index is 0.125. The van der Waals surface area contributed by atoms with Gasteiger partial charge in [-0.15, -0.1) is 11.3 Å². The van der Waals surface area contributed by atoms with Crippen molar-refractivity contribution in [3.8, 4) is 0 Å². The number of halogens is 1. The van der Waals surface area contributed by atoms with Crippen LogP contribution in [0.2, 0.25) is 0 Å². The van der Waals surface area contributed by atoms with Gasteiger partial charge in [0.15, 0.2) is 0 Å². The highest BCUT2D eigenvalue weighted by Gasteiger charge is 2.26. The number of carbonyl (C=O) groups excluding carboxylic acids is 1. The van der Waals surface area contributed by atoms with Crippen LogP contribution in [0.5, 0.6) is 0 Å². The van der Waals surface area contributed by atoms with Crippen LogP contribution in [0.1, 0.15) is 29.4 Å². The van der Waals surface area contributed by atoms with Gasteiger partial charge >= 0.3 is 0 Å². The second-order valence-corrected chi connectivity index (χ2v) is 6.48. The van der Waals surface area contributed by atoms with Crippen molar-refractivity contribution in [3.05, 3.63) is 20.8 Å². The lowest BCUT2D eigenvalue weighted by Gasteiger charge is -2.27. The predicted molar refractivity (Wildman–Crippen MR) is 79.2 cm³/mol. The highest BCUT2D eigenvalue weighted by atomic mass is 79.9. The Morgan fingerprint density at radius 3 is 3.06 bits per heavy atom. The summed E-state index contributed by atoms with van der Waals surface area (Å²) >= 11 is 4.92. The maximum atomic E-state index is 12.3. The maximum absolute atomic E-state index is 12.3. The molecule has 1 saturated heterocycles. The SMILES string of the molecule is CCN1CCCC1CN(C)C(=O)c1sccc1Br. The van der Waals surface area contributed by atoms with E-state index in [0.29, 0.717) is 6.04 Å². The van der Waals surface area contributed by atoms with Crippen molar-refractivity contribution < 1.29 is 4.79 Å². The number of likely N-dealkylation sites (tertiary alicyclic amines) is 1. The van der Waals surface area contributed by atoms with Crippen molar-refractivity contribution >= 4 is 33.2 Å². The van der Waals surface area contributed by atoms with E-state index < -0.39 is 0 Å². The van der Waals surface area contributed by atoms with Crippen LogP contribution in [0.4, 0.5) is 0 Å². The summed E-state index contributed by atoms with van der Waals surface area (Å²) in [5.74, 6) is 0.125. The Morgan fingerprint density at radius 2 is 2.44 bits per heavy atom. The first-order chi connectivity index (χ1) is 8.63. The van der Waals surface area contributed by atoms with Crippen LogP contribution >= 0.6 is 27.3 Å². The van der Waals surface area contributed by atoms with Gasteiger partial charge in [-0.3, -0.25) is 9.69 Å². The van der Waals surface area contributed by atoms with E-state index in [-0.39, 0.29) is 5.91 Å². The third-order valence-electron chi connectivity index (χ3n) is 3.55. The molecule has 1 aromatic heterocycles. The van der Waals surface area contributed by atoms with E-state index in [9.17, 15) is 4.79 Å². The lowest BCUT2D eigenvalue weighted by Crippen LogP contribution is -2.41. The van der Waals surface area contributed by atoms with Gasteiger partial charge in [0.05, 0.1) is 0 Å². The second-order valence-electron chi connectivity index (χ2n) is 4.71. The molecule has 0 bridgehead atoms. The van der Waals surface area contributed by atoms with Gasteiger partial charge in [-0.25, -0.2) is 0 Å². The summed E-state index contributed by atoms with van der Waals surface area (Å²) in [7, 11) is 1.90. The summed E-state index contributed by atoms with van der Waals surface area (Å²) < 4.78 is 0.906. The molecule has 5 heteroatoms. The van der Waals surface area contributed by atoms with Crippen molar-refractivity contribution in [2.24, 2.45) is 0 Å². The van der Waals surface area contributed by atoms with Gasteiger partial charge in [-0.2, -0.15) is 0 Å². The summed E-state index contributed by atoms with van der Waals surface area (Å²) in [6.07, 6.45) is 2.46. The van der Waals surface area contributed by atoms with Gasteiger partial charge in [0.25, 0.3) is 5.91 Å². The van der Waals surface area contributed by atoms with E-state index in [1.54, 1.807) is 0 Å². The molecule has 0 aliphatic carbocycles.